The summed E-state index contributed by atoms with van der Waals surface area (Å²) in [5.41, 5.74) is 4.02. The van der Waals surface area contributed by atoms with Crippen molar-refractivity contribution in [1.29, 1.82) is 0 Å². The number of halogens is 1. The van der Waals surface area contributed by atoms with Gasteiger partial charge in [-0.25, -0.2) is 20.2 Å². The molecule has 2 rings (SSSR count). The highest BCUT2D eigenvalue weighted by molar-refractivity contribution is 5.58. The fourth-order valence-corrected chi connectivity index (χ4v) is 2.30. The molecule has 1 aromatic carbocycles. The first kappa shape index (κ1) is 15.2. The van der Waals surface area contributed by atoms with E-state index in [1.165, 1.54) is 6.07 Å². The summed E-state index contributed by atoms with van der Waals surface area (Å²) in [6.45, 7) is 5.62. The number of nitrogens with two attached hydrogens (primary N) is 1. The summed E-state index contributed by atoms with van der Waals surface area (Å²) >= 11 is 0. The minimum atomic E-state index is -0.225. The molecule has 0 radical (unpaired) electrons. The largest absolute Gasteiger partial charge is 0.352 e. The molecule has 0 aliphatic heterocycles. The highest BCUT2D eigenvalue weighted by Gasteiger charge is 2.20. The third-order valence-corrected chi connectivity index (χ3v) is 3.64. The Labute approximate surface area is 124 Å². The number of rotatable bonds is 4. The number of aromatic nitrogens is 2. The van der Waals surface area contributed by atoms with Crippen LogP contribution in [0.2, 0.25) is 0 Å². The molecule has 0 aliphatic carbocycles. The van der Waals surface area contributed by atoms with Crippen molar-refractivity contribution < 1.29 is 4.39 Å². The van der Waals surface area contributed by atoms with Crippen LogP contribution < -0.4 is 16.2 Å². The predicted octanol–water partition coefficient (Wildman–Crippen LogP) is 2.72. The van der Waals surface area contributed by atoms with Crippen LogP contribution in [0, 0.1) is 19.7 Å². The molecule has 6 heteroatoms. The van der Waals surface area contributed by atoms with Gasteiger partial charge in [0, 0.05) is 18.2 Å². The number of anilines is 2. The van der Waals surface area contributed by atoms with Gasteiger partial charge in [0.15, 0.2) is 0 Å². The standard InChI is InChI=1S/C15H20FN5/c1-9-14(20-17)18-11(3)19-15(9)21(4)10(2)12-7-5-6-8-13(12)16/h5-8,10H,17H2,1-4H3,(H,18,19,20). The highest BCUT2D eigenvalue weighted by atomic mass is 19.1. The Balaban J connectivity index is 2.42. The molecule has 1 aromatic heterocycles. The molecular formula is C15H20FN5. The van der Waals surface area contributed by atoms with E-state index in [-0.39, 0.29) is 11.9 Å². The lowest BCUT2D eigenvalue weighted by Crippen LogP contribution is -2.25. The second kappa shape index (κ2) is 6.05. The van der Waals surface area contributed by atoms with Crippen molar-refractivity contribution in [2.45, 2.75) is 26.8 Å². The lowest BCUT2D eigenvalue weighted by Gasteiger charge is -2.28. The molecule has 21 heavy (non-hydrogen) atoms. The van der Waals surface area contributed by atoms with E-state index < -0.39 is 0 Å². The molecule has 0 aliphatic rings. The lowest BCUT2D eigenvalue weighted by molar-refractivity contribution is 0.583. The number of hydrogen-bond donors (Lipinski definition) is 2. The minimum absolute atomic E-state index is 0.162. The third kappa shape index (κ3) is 2.95. The Morgan fingerprint density at radius 1 is 1.24 bits per heavy atom. The van der Waals surface area contributed by atoms with Gasteiger partial charge in [0.2, 0.25) is 0 Å². The average molecular weight is 289 g/mol. The van der Waals surface area contributed by atoms with Crippen molar-refractivity contribution >= 4 is 11.6 Å². The summed E-state index contributed by atoms with van der Waals surface area (Å²) in [4.78, 5) is 10.6. The molecule has 5 nitrogen and oxygen atoms in total. The molecule has 112 valence electrons. The van der Waals surface area contributed by atoms with Crippen LogP contribution >= 0.6 is 0 Å². The van der Waals surface area contributed by atoms with Crippen molar-refractivity contribution in [3.63, 3.8) is 0 Å². The fraction of sp³-hybridized carbons (Fsp3) is 0.333. The van der Waals surface area contributed by atoms with Crippen LogP contribution in [0.1, 0.15) is 29.9 Å². The van der Waals surface area contributed by atoms with Gasteiger partial charge in [-0.1, -0.05) is 18.2 Å². The molecule has 1 unspecified atom stereocenters. The molecule has 0 spiro atoms. The van der Waals surface area contributed by atoms with Gasteiger partial charge in [-0.15, -0.1) is 0 Å². The Morgan fingerprint density at radius 2 is 1.90 bits per heavy atom. The quantitative estimate of drug-likeness (QED) is 0.669. The van der Waals surface area contributed by atoms with Gasteiger partial charge in [0.25, 0.3) is 0 Å². The van der Waals surface area contributed by atoms with Gasteiger partial charge < -0.3 is 10.3 Å². The number of nitrogen functional groups attached to an aromatic ring is 1. The number of nitrogens with zero attached hydrogens (tertiary/aromatic N) is 3. The summed E-state index contributed by atoms with van der Waals surface area (Å²) in [5, 5.41) is 0. The predicted molar refractivity (Wildman–Crippen MR) is 82.5 cm³/mol. The van der Waals surface area contributed by atoms with Crippen LogP contribution in [0.25, 0.3) is 0 Å². The first-order valence-corrected chi connectivity index (χ1v) is 6.74. The molecule has 0 fully saturated rings. The maximum atomic E-state index is 13.9. The summed E-state index contributed by atoms with van der Waals surface area (Å²) in [6.07, 6.45) is 0. The van der Waals surface area contributed by atoms with Crippen LogP contribution in [0.15, 0.2) is 24.3 Å². The summed E-state index contributed by atoms with van der Waals surface area (Å²) in [6, 6.07) is 6.59. The first-order chi connectivity index (χ1) is 9.95. The van der Waals surface area contributed by atoms with Gasteiger partial charge in [0.1, 0.15) is 23.3 Å². The van der Waals surface area contributed by atoms with Gasteiger partial charge in [-0.2, -0.15) is 0 Å². The maximum absolute atomic E-state index is 13.9. The van der Waals surface area contributed by atoms with E-state index in [0.29, 0.717) is 17.2 Å². The maximum Gasteiger partial charge on any atom is 0.148 e. The average Bonchev–Trinajstić information content (AvgIpc) is 2.48. The molecule has 0 amide bonds. The Kier molecular flexibility index (Phi) is 4.37. The summed E-state index contributed by atoms with van der Waals surface area (Å²) in [7, 11) is 1.88. The third-order valence-electron chi connectivity index (χ3n) is 3.64. The SMILES string of the molecule is Cc1nc(NN)c(C)c(N(C)C(C)c2ccccc2F)n1. The Morgan fingerprint density at radius 3 is 2.52 bits per heavy atom. The highest BCUT2D eigenvalue weighted by Crippen LogP contribution is 2.29. The number of hydrazine groups is 1. The van der Waals surface area contributed by atoms with Gasteiger partial charge in [-0.05, 0) is 26.8 Å². The van der Waals surface area contributed by atoms with E-state index in [1.54, 1.807) is 19.1 Å². The number of hydrogen-bond acceptors (Lipinski definition) is 5. The van der Waals surface area contributed by atoms with E-state index in [1.807, 2.05) is 31.9 Å². The van der Waals surface area contributed by atoms with Crippen LogP contribution in [0.4, 0.5) is 16.0 Å². The molecule has 2 aromatic rings. The zero-order chi connectivity index (χ0) is 15.6. The van der Waals surface area contributed by atoms with Crippen molar-refractivity contribution in [3.05, 3.63) is 47.0 Å². The van der Waals surface area contributed by atoms with E-state index in [4.69, 9.17) is 5.84 Å². The van der Waals surface area contributed by atoms with Crippen molar-refractivity contribution in [1.82, 2.24) is 9.97 Å². The van der Waals surface area contributed by atoms with Crippen molar-refractivity contribution in [2.24, 2.45) is 5.84 Å². The molecule has 0 saturated heterocycles. The first-order valence-electron chi connectivity index (χ1n) is 6.74. The monoisotopic (exact) mass is 289 g/mol. The lowest BCUT2D eigenvalue weighted by atomic mass is 10.1. The number of nitrogens with one attached hydrogen (secondary N) is 1. The van der Waals surface area contributed by atoms with Gasteiger partial charge in [-0.3, -0.25) is 0 Å². The van der Waals surface area contributed by atoms with Crippen LogP contribution in [-0.4, -0.2) is 17.0 Å². The van der Waals surface area contributed by atoms with Crippen LogP contribution in [-0.2, 0) is 0 Å². The van der Waals surface area contributed by atoms with Crippen molar-refractivity contribution in [2.75, 3.05) is 17.4 Å². The minimum Gasteiger partial charge on any atom is -0.352 e. The fourth-order valence-electron chi connectivity index (χ4n) is 2.30. The number of aryl methyl sites for hydroxylation is 1. The molecule has 1 heterocycles. The molecular weight excluding hydrogens is 269 g/mol. The van der Waals surface area contributed by atoms with Crippen LogP contribution in [0.3, 0.4) is 0 Å². The summed E-state index contributed by atoms with van der Waals surface area (Å²) in [5.74, 6) is 7.17. The smallest absolute Gasteiger partial charge is 0.148 e. The second-order valence-corrected chi connectivity index (χ2v) is 5.02. The van der Waals surface area contributed by atoms with E-state index in [9.17, 15) is 4.39 Å². The zero-order valence-corrected chi connectivity index (χ0v) is 12.7. The second-order valence-electron chi connectivity index (χ2n) is 5.02. The van der Waals surface area contributed by atoms with Gasteiger partial charge >= 0.3 is 0 Å². The number of benzene rings is 1. The zero-order valence-electron chi connectivity index (χ0n) is 12.7. The van der Waals surface area contributed by atoms with E-state index in [2.05, 4.69) is 15.4 Å². The van der Waals surface area contributed by atoms with E-state index >= 15 is 0 Å². The van der Waals surface area contributed by atoms with E-state index in [0.717, 1.165) is 11.4 Å². The summed E-state index contributed by atoms with van der Waals surface area (Å²) < 4.78 is 13.9. The normalized spacial score (nSPS) is 12.1. The van der Waals surface area contributed by atoms with Crippen molar-refractivity contribution in [3.8, 4) is 0 Å². The Bertz CT molecular complexity index is 644. The van der Waals surface area contributed by atoms with Crippen LogP contribution in [0.5, 0.6) is 0 Å². The van der Waals surface area contributed by atoms with Gasteiger partial charge in [0.05, 0.1) is 6.04 Å². The molecule has 0 bridgehead atoms. The molecule has 0 saturated carbocycles. The Hall–Kier alpha value is -2.21. The molecule has 1 atom stereocenters. The topological polar surface area (TPSA) is 67.1 Å². The molecule has 3 N–H and O–H groups in total.